The van der Waals surface area contributed by atoms with Crippen molar-refractivity contribution >= 4 is 29.6 Å². The lowest BCUT2D eigenvalue weighted by molar-refractivity contribution is -0.117. The molecule has 4 rings (SSSR count). The second kappa shape index (κ2) is 7.85. The van der Waals surface area contributed by atoms with Gasteiger partial charge in [0.2, 0.25) is 0 Å². The number of hydrogen-bond acceptors (Lipinski definition) is 7. The number of nitrogens with one attached hydrogen (secondary N) is 3. The number of aromatic nitrogens is 2. The first-order chi connectivity index (χ1) is 14.4. The van der Waals surface area contributed by atoms with Gasteiger partial charge in [-0.1, -0.05) is 17.7 Å². The predicted molar refractivity (Wildman–Crippen MR) is 108 cm³/mol. The molecule has 1 spiro atoms. The molecule has 0 bridgehead atoms. The van der Waals surface area contributed by atoms with Crippen LogP contribution in [0.25, 0.3) is 0 Å². The molecule has 0 radical (unpaired) electrons. The molecule has 1 amide bonds. The van der Waals surface area contributed by atoms with Gasteiger partial charge in [0.1, 0.15) is 23.7 Å². The Morgan fingerprint density at radius 2 is 2.23 bits per heavy atom. The standard InChI is InChI=1S/C20H18ClFN6O2/c1-28-18(16(21)7-14(9-29)26-17-4-5-23-11-25-17)19(30)27-20(28)10-24-8-12-2-3-13(22)6-15(12)20/h2-7,9,11,24H,8,10H2,1H3,(H,27,30)(H,23,25,26)/b14-7+,18-16+. The highest BCUT2D eigenvalue weighted by Crippen LogP contribution is 2.39. The number of halogens is 2. The molecular weight excluding hydrogens is 411 g/mol. The monoisotopic (exact) mass is 428 g/mol. The minimum atomic E-state index is -0.989. The van der Waals surface area contributed by atoms with E-state index in [1.54, 1.807) is 24.1 Å². The zero-order valence-corrected chi connectivity index (χ0v) is 16.7. The van der Waals surface area contributed by atoms with E-state index in [2.05, 4.69) is 25.9 Å². The van der Waals surface area contributed by atoms with Crippen molar-refractivity contribution in [1.82, 2.24) is 25.5 Å². The summed E-state index contributed by atoms with van der Waals surface area (Å²) in [6.45, 7) is 0.925. The molecule has 1 fully saturated rings. The second-order valence-electron chi connectivity index (χ2n) is 6.91. The zero-order chi connectivity index (χ0) is 21.3. The maximum absolute atomic E-state index is 14.0. The first-order valence-electron chi connectivity index (χ1n) is 9.10. The molecule has 1 saturated heterocycles. The van der Waals surface area contributed by atoms with E-state index < -0.39 is 17.4 Å². The van der Waals surface area contributed by atoms with Crippen molar-refractivity contribution in [3.63, 3.8) is 0 Å². The summed E-state index contributed by atoms with van der Waals surface area (Å²) < 4.78 is 14.0. The lowest BCUT2D eigenvalue weighted by atomic mass is 9.90. The Kier molecular flexibility index (Phi) is 5.23. The van der Waals surface area contributed by atoms with E-state index in [9.17, 15) is 14.0 Å². The predicted octanol–water partition coefficient (Wildman–Crippen LogP) is 1.58. The summed E-state index contributed by atoms with van der Waals surface area (Å²) in [6.07, 6.45) is 4.77. The minimum absolute atomic E-state index is 0.0547. The van der Waals surface area contributed by atoms with Crippen molar-refractivity contribution in [3.8, 4) is 0 Å². The van der Waals surface area contributed by atoms with Crippen LogP contribution in [0, 0.1) is 5.82 Å². The summed E-state index contributed by atoms with van der Waals surface area (Å²) in [5, 5.41) is 9.05. The fourth-order valence-corrected chi connectivity index (χ4v) is 4.06. The molecule has 1 atom stereocenters. The van der Waals surface area contributed by atoms with Crippen molar-refractivity contribution in [2.75, 3.05) is 18.9 Å². The van der Waals surface area contributed by atoms with Gasteiger partial charge in [-0.05, 0) is 29.8 Å². The minimum Gasteiger partial charge on any atom is -0.341 e. The number of fused-ring (bicyclic) bond motifs is 2. The van der Waals surface area contributed by atoms with Crippen LogP contribution in [0.3, 0.4) is 0 Å². The summed E-state index contributed by atoms with van der Waals surface area (Å²) in [4.78, 5) is 33.8. The molecule has 0 aliphatic carbocycles. The SMILES string of the molecule is CN1/C(=C(Cl)\C=C(/C=O)Nc2ccncn2)C(=O)NC12CNCc1ccc(F)cc12. The van der Waals surface area contributed by atoms with Gasteiger partial charge in [0, 0.05) is 31.9 Å². The number of hydrogen-bond donors (Lipinski definition) is 3. The highest BCUT2D eigenvalue weighted by molar-refractivity contribution is 6.33. The first kappa shape index (κ1) is 20.0. The summed E-state index contributed by atoms with van der Waals surface area (Å²) >= 11 is 6.45. The molecule has 8 nitrogen and oxygen atoms in total. The van der Waals surface area contributed by atoms with Crippen LogP contribution >= 0.6 is 11.6 Å². The fourth-order valence-electron chi connectivity index (χ4n) is 3.73. The third-order valence-electron chi connectivity index (χ3n) is 5.15. The van der Waals surface area contributed by atoms with E-state index >= 15 is 0 Å². The van der Waals surface area contributed by atoms with Gasteiger partial charge in [-0.15, -0.1) is 0 Å². The van der Waals surface area contributed by atoms with Gasteiger partial charge >= 0.3 is 0 Å². The highest BCUT2D eigenvalue weighted by atomic mass is 35.5. The van der Waals surface area contributed by atoms with Crippen LogP contribution in [-0.4, -0.2) is 40.7 Å². The Morgan fingerprint density at radius 3 is 2.97 bits per heavy atom. The van der Waals surface area contributed by atoms with E-state index in [1.807, 2.05) is 0 Å². The summed E-state index contributed by atoms with van der Waals surface area (Å²) in [5.41, 5.74) is 0.829. The van der Waals surface area contributed by atoms with Gasteiger partial charge in [0.25, 0.3) is 5.91 Å². The number of carbonyl (C=O) groups excluding carboxylic acids is 2. The van der Waals surface area contributed by atoms with E-state index in [4.69, 9.17) is 11.6 Å². The molecular formula is C20H18ClFN6O2. The van der Waals surface area contributed by atoms with Crippen LogP contribution in [-0.2, 0) is 21.8 Å². The first-order valence-corrected chi connectivity index (χ1v) is 9.48. The number of allylic oxidation sites excluding steroid dienone is 3. The van der Waals surface area contributed by atoms with Crippen LogP contribution < -0.4 is 16.0 Å². The molecule has 1 aromatic heterocycles. The molecule has 2 aliphatic heterocycles. The van der Waals surface area contributed by atoms with Crippen molar-refractivity contribution in [2.24, 2.45) is 0 Å². The molecule has 3 heterocycles. The average molecular weight is 429 g/mol. The quantitative estimate of drug-likeness (QED) is 0.502. The topological polar surface area (TPSA) is 99.2 Å². The number of likely N-dealkylation sites (N-methyl/N-ethyl adjacent to an activating group) is 1. The van der Waals surface area contributed by atoms with Gasteiger partial charge in [-0.2, -0.15) is 0 Å². The molecule has 3 N–H and O–H groups in total. The van der Waals surface area contributed by atoms with Crippen LogP contribution in [0.4, 0.5) is 10.2 Å². The van der Waals surface area contributed by atoms with E-state index in [0.717, 1.165) is 5.56 Å². The Hall–Kier alpha value is -3.30. The molecule has 1 unspecified atom stereocenters. The molecule has 30 heavy (non-hydrogen) atoms. The number of carbonyl (C=O) groups is 2. The number of benzene rings is 1. The Morgan fingerprint density at radius 1 is 1.40 bits per heavy atom. The van der Waals surface area contributed by atoms with Crippen molar-refractivity contribution < 1.29 is 14.0 Å². The maximum atomic E-state index is 14.0. The Labute approximate surface area is 176 Å². The average Bonchev–Trinajstić information content (AvgIpc) is 2.99. The van der Waals surface area contributed by atoms with Crippen LogP contribution in [0.5, 0.6) is 0 Å². The highest BCUT2D eigenvalue weighted by Gasteiger charge is 2.50. The van der Waals surface area contributed by atoms with Crippen LogP contribution in [0.1, 0.15) is 11.1 Å². The van der Waals surface area contributed by atoms with E-state index in [-0.39, 0.29) is 16.4 Å². The molecule has 2 aliphatic rings. The molecule has 2 aromatic rings. The summed E-state index contributed by atoms with van der Waals surface area (Å²) in [6, 6.07) is 6.09. The van der Waals surface area contributed by atoms with Gasteiger partial charge in [-0.3, -0.25) is 9.59 Å². The third kappa shape index (κ3) is 3.42. The normalized spacial score (nSPS) is 22.6. The zero-order valence-electron chi connectivity index (χ0n) is 15.9. The van der Waals surface area contributed by atoms with Gasteiger partial charge in [0.05, 0.1) is 10.7 Å². The van der Waals surface area contributed by atoms with Crippen molar-refractivity contribution in [3.05, 3.63) is 76.2 Å². The Bertz CT molecular complexity index is 1070. The summed E-state index contributed by atoms with van der Waals surface area (Å²) in [7, 11) is 1.70. The smallest absolute Gasteiger partial charge is 0.271 e. The van der Waals surface area contributed by atoms with Crippen LogP contribution in [0.15, 0.2) is 59.3 Å². The Balaban J connectivity index is 1.72. The number of anilines is 1. The molecule has 1 aromatic carbocycles. The lowest BCUT2D eigenvalue weighted by Gasteiger charge is -2.41. The van der Waals surface area contributed by atoms with Crippen molar-refractivity contribution in [2.45, 2.75) is 12.2 Å². The van der Waals surface area contributed by atoms with Gasteiger partial charge < -0.3 is 20.9 Å². The molecule has 154 valence electrons. The summed E-state index contributed by atoms with van der Waals surface area (Å²) in [5.74, 6) is -0.414. The van der Waals surface area contributed by atoms with Crippen molar-refractivity contribution in [1.29, 1.82) is 0 Å². The van der Waals surface area contributed by atoms with E-state index in [0.29, 0.717) is 30.8 Å². The van der Waals surface area contributed by atoms with E-state index in [1.165, 1.54) is 30.7 Å². The largest absolute Gasteiger partial charge is 0.341 e. The second-order valence-corrected chi connectivity index (χ2v) is 7.32. The van der Waals surface area contributed by atoms with Gasteiger partial charge in [-0.25, -0.2) is 14.4 Å². The number of rotatable bonds is 4. The molecule has 10 heteroatoms. The van der Waals surface area contributed by atoms with Gasteiger partial charge in [0.15, 0.2) is 11.9 Å². The number of amides is 1. The fraction of sp³-hybridized carbons (Fsp3) is 0.200. The lowest BCUT2D eigenvalue weighted by Crippen LogP contribution is -2.57. The number of aldehydes is 1. The van der Waals surface area contributed by atoms with Crippen LogP contribution in [0.2, 0.25) is 0 Å². The molecule has 0 saturated carbocycles. The number of nitrogens with zero attached hydrogens (tertiary/aromatic N) is 3. The maximum Gasteiger partial charge on any atom is 0.271 e. The third-order valence-corrected chi connectivity index (χ3v) is 5.44.